The first-order valence-corrected chi connectivity index (χ1v) is 6.19. The Bertz CT molecular complexity index is 700. The lowest BCUT2D eigenvalue weighted by Gasteiger charge is -2.00. The Balaban J connectivity index is 2.49. The van der Waals surface area contributed by atoms with Crippen molar-refractivity contribution in [2.75, 3.05) is 5.88 Å². The molecule has 0 unspecified atom stereocenters. The number of carbonyl (C=O) groups is 1. The van der Waals surface area contributed by atoms with Gasteiger partial charge in [0.1, 0.15) is 5.58 Å². The highest BCUT2D eigenvalue weighted by atomic mass is 35.5. The Kier molecular flexibility index (Phi) is 4.02. The topological polar surface area (TPSA) is 67.5 Å². The van der Waals surface area contributed by atoms with Gasteiger partial charge in [-0.25, -0.2) is 4.79 Å². The minimum absolute atomic E-state index is 0.263. The first kappa shape index (κ1) is 13.4. The predicted octanol–water partition coefficient (Wildman–Crippen LogP) is 3.13. The molecule has 0 aliphatic heterocycles. The third kappa shape index (κ3) is 3.03. The molecule has 0 amide bonds. The smallest absolute Gasteiger partial charge is 0.371 e. The number of carboxylic acids is 1. The molecule has 0 saturated heterocycles. The number of fused-ring (bicyclic) bond motifs is 1. The van der Waals surface area contributed by atoms with Crippen LogP contribution in [0, 0.1) is 0 Å². The standard InChI is InChI=1S/C14H11ClO4/c15-6-2-1-3-9-4-5-12-10(7-9)11(16)8-13(19-12)14(17)18/h1,3-5,7-8H,2,6H2,(H,17,18). The van der Waals surface area contributed by atoms with E-state index in [1.807, 2.05) is 12.2 Å². The molecule has 0 spiro atoms. The second-order valence-corrected chi connectivity index (χ2v) is 4.29. The quantitative estimate of drug-likeness (QED) is 0.873. The minimum atomic E-state index is -1.26. The van der Waals surface area contributed by atoms with Gasteiger partial charge in [-0.3, -0.25) is 4.79 Å². The van der Waals surface area contributed by atoms with E-state index in [-0.39, 0.29) is 16.8 Å². The monoisotopic (exact) mass is 278 g/mol. The summed E-state index contributed by atoms with van der Waals surface area (Å²) in [5.41, 5.74) is 0.735. The maximum atomic E-state index is 11.8. The maximum Gasteiger partial charge on any atom is 0.371 e. The highest BCUT2D eigenvalue weighted by Crippen LogP contribution is 2.15. The summed E-state index contributed by atoms with van der Waals surface area (Å²) >= 11 is 5.56. The molecule has 5 heteroatoms. The van der Waals surface area contributed by atoms with Crippen LogP contribution in [0.1, 0.15) is 22.5 Å². The van der Waals surface area contributed by atoms with Crippen molar-refractivity contribution in [3.05, 3.63) is 51.9 Å². The zero-order valence-electron chi connectivity index (χ0n) is 9.93. The third-order valence-corrected chi connectivity index (χ3v) is 2.77. The van der Waals surface area contributed by atoms with Gasteiger partial charge < -0.3 is 9.52 Å². The van der Waals surface area contributed by atoms with E-state index >= 15 is 0 Å². The van der Waals surface area contributed by atoms with Crippen LogP contribution >= 0.6 is 11.6 Å². The van der Waals surface area contributed by atoms with E-state index < -0.39 is 5.97 Å². The number of aromatic carboxylic acids is 1. The van der Waals surface area contributed by atoms with Crippen LogP contribution in [0.5, 0.6) is 0 Å². The summed E-state index contributed by atoms with van der Waals surface area (Å²) < 4.78 is 5.14. The summed E-state index contributed by atoms with van der Waals surface area (Å²) in [6.45, 7) is 0. The fourth-order valence-electron chi connectivity index (χ4n) is 1.67. The fourth-order valence-corrected chi connectivity index (χ4v) is 1.79. The van der Waals surface area contributed by atoms with Crippen LogP contribution in [0.15, 0.2) is 39.6 Å². The van der Waals surface area contributed by atoms with Gasteiger partial charge in [-0.05, 0) is 24.1 Å². The molecule has 1 N–H and O–H groups in total. The van der Waals surface area contributed by atoms with Gasteiger partial charge in [-0.15, -0.1) is 11.6 Å². The number of halogens is 1. The molecule has 0 radical (unpaired) electrons. The van der Waals surface area contributed by atoms with Gasteiger partial charge in [-0.1, -0.05) is 18.2 Å². The molecule has 0 atom stereocenters. The van der Waals surface area contributed by atoms with Gasteiger partial charge >= 0.3 is 5.97 Å². The van der Waals surface area contributed by atoms with Crippen LogP contribution in [0.25, 0.3) is 17.0 Å². The number of alkyl halides is 1. The van der Waals surface area contributed by atoms with Gasteiger partial charge in [-0.2, -0.15) is 0 Å². The first-order chi connectivity index (χ1) is 9.11. The van der Waals surface area contributed by atoms with Crippen LogP contribution in [-0.4, -0.2) is 17.0 Å². The van der Waals surface area contributed by atoms with Crippen molar-refractivity contribution in [3.8, 4) is 0 Å². The SMILES string of the molecule is O=C(O)c1cc(=O)c2cc(C=CCCCl)ccc2o1. The van der Waals surface area contributed by atoms with Crippen molar-refractivity contribution in [3.63, 3.8) is 0 Å². The largest absolute Gasteiger partial charge is 0.475 e. The third-order valence-electron chi connectivity index (χ3n) is 2.55. The number of hydrogen-bond donors (Lipinski definition) is 1. The van der Waals surface area contributed by atoms with Crippen LogP contribution in [0.4, 0.5) is 0 Å². The Morgan fingerprint density at radius 3 is 2.84 bits per heavy atom. The molecular weight excluding hydrogens is 268 g/mol. The Morgan fingerprint density at radius 2 is 2.16 bits per heavy atom. The normalized spacial score (nSPS) is 11.2. The van der Waals surface area contributed by atoms with Crippen molar-refractivity contribution < 1.29 is 14.3 Å². The number of allylic oxidation sites excluding steroid dienone is 1. The molecule has 1 aromatic carbocycles. The van der Waals surface area contributed by atoms with E-state index in [2.05, 4.69) is 0 Å². The summed E-state index contributed by atoms with van der Waals surface area (Å²) in [5, 5.41) is 9.17. The van der Waals surface area contributed by atoms with Crippen LogP contribution in [0.3, 0.4) is 0 Å². The van der Waals surface area contributed by atoms with Crippen LogP contribution in [-0.2, 0) is 0 Å². The van der Waals surface area contributed by atoms with E-state index in [4.69, 9.17) is 21.1 Å². The number of benzene rings is 1. The summed E-state index contributed by atoms with van der Waals surface area (Å²) in [7, 11) is 0. The summed E-state index contributed by atoms with van der Waals surface area (Å²) in [4.78, 5) is 22.6. The van der Waals surface area contributed by atoms with E-state index in [1.54, 1.807) is 18.2 Å². The average molecular weight is 279 g/mol. The van der Waals surface area contributed by atoms with E-state index in [1.165, 1.54) is 0 Å². The van der Waals surface area contributed by atoms with Gasteiger partial charge in [0.2, 0.25) is 5.76 Å². The molecule has 4 nitrogen and oxygen atoms in total. The zero-order valence-corrected chi connectivity index (χ0v) is 10.7. The van der Waals surface area contributed by atoms with Gasteiger partial charge in [0.05, 0.1) is 5.39 Å². The molecule has 2 rings (SSSR count). The molecule has 1 aromatic heterocycles. The lowest BCUT2D eigenvalue weighted by atomic mass is 10.1. The highest BCUT2D eigenvalue weighted by molar-refractivity contribution is 6.17. The zero-order chi connectivity index (χ0) is 13.8. The predicted molar refractivity (Wildman–Crippen MR) is 73.8 cm³/mol. The lowest BCUT2D eigenvalue weighted by Crippen LogP contribution is -2.06. The summed E-state index contributed by atoms with van der Waals surface area (Å²) in [6.07, 6.45) is 4.50. The van der Waals surface area contributed by atoms with Gasteiger partial charge in [0.25, 0.3) is 0 Å². The molecule has 0 saturated carbocycles. The Morgan fingerprint density at radius 1 is 1.37 bits per heavy atom. The molecule has 0 fully saturated rings. The molecule has 1 heterocycles. The fraction of sp³-hybridized carbons (Fsp3) is 0.143. The van der Waals surface area contributed by atoms with E-state index in [0.717, 1.165) is 18.1 Å². The molecule has 0 aliphatic carbocycles. The highest BCUT2D eigenvalue weighted by Gasteiger charge is 2.10. The number of rotatable bonds is 4. The number of carboxylic acid groups (broad SMARTS) is 1. The van der Waals surface area contributed by atoms with Crippen molar-refractivity contribution in [2.45, 2.75) is 6.42 Å². The Labute approximate surface area is 113 Å². The van der Waals surface area contributed by atoms with Crippen molar-refractivity contribution >= 4 is 34.6 Å². The molecule has 2 aromatic rings. The maximum absolute atomic E-state index is 11.8. The van der Waals surface area contributed by atoms with Crippen molar-refractivity contribution in [2.24, 2.45) is 0 Å². The van der Waals surface area contributed by atoms with Crippen LogP contribution < -0.4 is 5.43 Å². The van der Waals surface area contributed by atoms with E-state index in [0.29, 0.717) is 11.3 Å². The molecule has 0 bridgehead atoms. The average Bonchev–Trinajstić information content (AvgIpc) is 2.39. The summed E-state index contributed by atoms with van der Waals surface area (Å²) in [5.74, 6) is -1.08. The minimum Gasteiger partial charge on any atom is -0.475 e. The first-order valence-electron chi connectivity index (χ1n) is 5.65. The van der Waals surface area contributed by atoms with Crippen molar-refractivity contribution in [1.29, 1.82) is 0 Å². The second-order valence-electron chi connectivity index (χ2n) is 3.92. The van der Waals surface area contributed by atoms with Gasteiger partial charge in [0.15, 0.2) is 5.43 Å². The molecule has 0 aliphatic rings. The van der Waals surface area contributed by atoms with Crippen molar-refractivity contribution in [1.82, 2.24) is 0 Å². The summed E-state index contributed by atoms with van der Waals surface area (Å²) in [6, 6.07) is 5.99. The van der Waals surface area contributed by atoms with Gasteiger partial charge in [0, 0.05) is 11.9 Å². The Hall–Kier alpha value is -2.07. The molecule has 19 heavy (non-hydrogen) atoms. The van der Waals surface area contributed by atoms with E-state index in [9.17, 15) is 9.59 Å². The molecular formula is C14H11ClO4. The second kappa shape index (κ2) is 5.71. The molecule has 98 valence electrons. The van der Waals surface area contributed by atoms with Crippen LogP contribution in [0.2, 0.25) is 0 Å². The number of hydrogen-bond acceptors (Lipinski definition) is 3. The lowest BCUT2D eigenvalue weighted by molar-refractivity contribution is 0.0663.